The summed E-state index contributed by atoms with van der Waals surface area (Å²) < 4.78 is 11.2. The minimum Gasteiger partial charge on any atom is -0.495 e. The molecule has 1 N–H and O–H groups in total. The first-order valence-electron chi connectivity index (χ1n) is 6.54. The number of benzene rings is 1. The summed E-state index contributed by atoms with van der Waals surface area (Å²) in [4.78, 5) is 0. The van der Waals surface area contributed by atoms with Crippen LogP contribution in [0, 0.1) is 11.3 Å². The second-order valence-electron chi connectivity index (χ2n) is 5.41. The van der Waals surface area contributed by atoms with Crippen molar-refractivity contribution < 1.29 is 9.47 Å². The van der Waals surface area contributed by atoms with Crippen LogP contribution in [-0.2, 0) is 4.74 Å². The van der Waals surface area contributed by atoms with Gasteiger partial charge >= 0.3 is 0 Å². The molecule has 0 saturated carbocycles. The third-order valence-corrected chi connectivity index (χ3v) is 3.43. The quantitative estimate of drug-likeness (QED) is 0.904. The zero-order chi connectivity index (χ0) is 13.9. The van der Waals surface area contributed by atoms with E-state index in [-0.39, 0.29) is 11.7 Å². The van der Waals surface area contributed by atoms with Crippen LogP contribution in [0.3, 0.4) is 0 Å². The van der Waals surface area contributed by atoms with Crippen LogP contribution >= 0.6 is 0 Å². The van der Waals surface area contributed by atoms with Crippen molar-refractivity contribution in [3.8, 4) is 11.8 Å². The highest BCUT2D eigenvalue weighted by Crippen LogP contribution is 2.31. The highest BCUT2D eigenvalue weighted by molar-refractivity contribution is 5.66. The fourth-order valence-electron chi connectivity index (χ4n) is 2.41. The largest absolute Gasteiger partial charge is 0.495 e. The molecule has 1 atom stereocenters. The number of nitrogens with one attached hydrogen (secondary N) is 1. The van der Waals surface area contributed by atoms with E-state index in [1.807, 2.05) is 12.1 Å². The molecule has 0 aromatic heterocycles. The van der Waals surface area contributed by atoms with Gasteiger partial charge < -0.3 is 14.8 Å². The fourth-order valence-corrected chi connectivity index (χ4v) is 2.41. The summed E-state index contributed by atoms with van der Waals surface area (Å²) in [5.41, 5.74) is 1.31. The molecule has 1 aromatic carbocycles. The summed E-state index contributed by atoms with van der Waals surface area (Å²) in [6.07, 6.45) is 2.29. The molecule has 1 aliphatic heterocycles. The van der Waals surface area contributed by atoms with Crippen molar-refractivity contribution in [2.24, 2.45) is 0 Å². The van der Waals surface area contributed by atoms with Gasteiger partial charge in [-0.25, -0.2) is 0 Å². The van der Waals surface area contributed by atoms with Crippen LogP contribution < -0.4 is 10.1 Å². The third-order valence-electron chi connectivity index (χ3n) is 3.43. The Hall–Kier alpha value is -1.73. The van der Waals surface area contributed by atoms with E-state index in [9.17, 15) is 0 Å². The maximum absolute atomic E-state index is 9.14. The van der Waals surface area contributed by atoms with Gasteiger partial charge in [0.15, 0.2) is 0 Å². The fraction of sp³-hybridized carbons (Fsp3) is 0.533. The Morgan fingerprint density at radius 3 is 2.89 bits per heavy atom. The van der Waals surface area contributed by atoms with Crippen molar-refractivity contribution in [3.63, 3.8) is 0 Å². The highest BCUT2D eigenvalue weighted by atomic mass is 16.5. The lowest BCUT2D eigenvalue weighted by Gasteiger charge is -2.20. The molecule has 1 unspecified atom stereocenters. The topological polar surface area (TPSA) is 54.3 Å². The van der Waals surface area contributed by atoms with Gasteiger partial charge in [-0.1, -0.05) is 6.07 Å². The number of ether oxygens (including phenoxy) is 2. The maximum Gasteiger partial charge on any atom is 0.143 e. The van der Waals surface area contributed by atoms with Crippen molar-refractivity contribution in [1.29, 1.82) is 5.26 Å². The Bertz CT molecular complexity index is 491. The van der Waals surface area contributed by atoms with Gasteiger partial charge in [-0.05, 0) is 38.8 Å². The standard InChI is InChI=1S/C15H20N2O2/c1-15(2)8-7-12(19-15)10-17-14-11(9-16)5-4-6-13(14)18-3/h4-6,12,17H,7-8,10H2,1-3H3. The summed E-state index contributed by atoms with van der Waals surface area (Å²) in [5, 5.41) is 12.4. The van der Waals surface area contributed by atoms with Crippen molar-refractivity contribution >= 4 is 5.69 Å². The number of para-hydroxylation sites is 1. The van der Waals surface area contributed by atoms with Crippen LogP contribution in [0.2, 0.25) is 0 Å². The monoisotopic (exact) mass is 260 g/mol. The first-order chi connectivity index (χ1) is 9.05. The predicted molar refractivity (Wildman–Crippen MR) is 74.4 cm³/mol. The molecule has 0 aliphatic carbocycles. The molecule has 19 heavy (non-hydrogen) atoms. The number of methoxy groups -OCH3 is 1. The van der Waals surface area contributed by atoms with E-state index in [1.54, 1.807) is 13.2 Å². The Kier molecular flexibility index (Phi) is 3.96. The van der Waals surface area contributed by atoms with Gasteiger partial charge in [-0.15, -0.1) is 0 Å². The number of nitrogens with zero attached hydrogens (tertiary/aromatic N) is 1. The zero-order valence-electron chi connectivity index (χ0n) is 11.7. The molecule has 1 aromatic rings. The Morgan fingerprint density at radius 1 is 1.53 bits per heavy atom. The Morgan fingerprint density at radius 2 is 2.32 bits per heavy atom. The van der Waals surface area contributed by atoms with Crippen LogP contribution in [0.1, 0.15) is 32.3 Å². The minimum atomic E-state index is -0.0365. The summed E-state index contributed by atoms with van der Waals surface area (Å²) in [7, 11) is 1.61. The van der Waals surface area contributed by atoms with Crippen molar-refractivity contribution in [2.45, 2.75) is 38.4 Å². The van der Waals surface area contributed by atoms with E-state index < -0.39 is 0 Å². The van der Waals surface area contributed by atoms with Crippen molar-refractivity contribution in [2.75, 3.05) is 19.0 Å². The van der Waals surface area contributed by atoms with Gasteiger partial charge in [0, 0.05) is 6.54 Å². The van der Waals surface area contributed by atoms with Crippen LogP contribution in [0.4, 0.5) is 5.69 Å². The summed E-state index contributed by atoms with van der Waals surface area (Å²) in [6.45, 7) is 4.91. The molecule has 1 fully saturated rings. The lowest BCUT2D eigenvalue weighted by molar-refractivity contribution is -0.00911. The van der Waals surface area contributed by atoms with Gasteiger partial charge in [0.1, 0.15) is 11.8 Å². The van der Waals surface area contributed by atoms with E-state index in [2.05, 4.69) is 25.2 Å². The van der Waals surface area contributed by atoms with Gasteiger partial charge in [0.05, 0.1) is 30.1 Å². The van der Waals surface area contributed by atoms with Crippen LogP contribution in [0.25, 0.3) is 0 Å². The van der Waals surface area contributed by atoms with Crippen molar-refractivity contribution in [3.05, 3.63) is 23.8 Å². The third kappa shape index (κ3) is 3.18. The van der Waals surface area contributed by atoms with Crippen LogP contribution in [0.5, 0.6) is 5.75 Å². The molecule has 1 aliphatic rings. The Balaban J connectivity index is 2.06. The number of hydrogen-bond acceptors (Lipinski definition) is 4. The number of anilines is 1. The van der Waals surface area contributed by atoms with E-state index >= 15 is 0 Å². The maximum atomic E-state index is 9.14. The molecule has 0 amide bonds. The van der Waals surface area contributed by atoms with Gasteiger partial charge in [0.2, 0.25) is 0 Å². The van der Waals surface area contributed by atoms with E-state index in [0.29, 0.717) is 17.9 Å². The molecule has 4 heteroatoms. The van der Waals surface area contributed by atoms with Gasteiger partial charge in [0.25, 0.3) is 0 Å². The van der Waals surface area contributed by atoms with E-state index in [1.165, 1.54) is 0 Å². The molecule has 1 saturated heterocycles. The number of rotatable bonds is 4. The summed E-state index contributed by atoms with van der Waals surface area (Å²) in [6, 6.07) is 7.63. The van der Waals surface area contributed by atoms with Crippen LogP contribution in [0.15, 0.2) is 18.2 Å². The molecule has 0 bridgehead atoms. The van der Waals surface area contributed by atoms with Crippen LogP contribution in [-0.4, -0.2) is 25.4 Å². The SMILES string of the molecule is COc1cccc(C#N)c1NCC1CCC(C)(C)O1. The zero-order valence-corrected chi connectivity index (χ0v) is 11.7. The molecule has 0 radical (unpaired) electrons. The Labute approximate surface area is 114 Å². The second-order valence-corrected chi connectivity index (χ2v) is 5.41. The van der Waals surface area contributed by atoms with Gasteiger partial charge in [-0.2, -0.15) is 5.26 Å². The number of hydrogen-bond donors (Lipinski definition) is 1. The lowest BCUT2D eigenvalue weighted by Crippen LogP contribution is -2.25. The molecule has 0 spiro atoms. The number of nitriles is 1. The molecule has 102 valence electrons. The highest BCUT2D eigenvalue weighted by Gasteiger charge is 2.31. The molecule has 1 heterocycles. The first kappa shape index (κ1) is 13.7. The van der Waals surface area contributed by atoms with E-state index in [0.717, 1.165) is 18.5 Å². The first-order valence-corrected chi connectivity index (χ1v) is 6.54. The summed E-state index contributed by atoms with van der Waals surface area (Å²) in [5.74, 6) is 0.691. The van der Waals surface area contributed by atoms with Gasteiger partial charge in [-0.3, -0.25) is 0 Å². The lowest BCUT2D eigenvalue weighted by atomic mass is 10.1. The molecule has 2 rings (SSSR count). The molecule has 4 nitrogen and oxygen atoms in total. The smallest absolute Gasteiger partial charge is 0.143 e. The van der Waals surface area contributed by atoms with E-state index in [4.69, 9.17) is 14.7 Å². The predicted octanol–water partition coefficient (Wildman–Crippen LogP) is 2.94. The molecular weight excluding hydrogens is 240 g/mol. The normalized spacial score (nSPS) is 20.8. The van der Waals surface area contributed by atoms with Crippen molar-refractivity contribution in [1.82, 2.24) is 0 Å². The minimum absolute atomic E-state index is 0.0365. The summed E-state index contributed by atoms with van der Waals surface area (Å²) >= 11 is 0. The second kappa shape index (κ2) is 5.50. The average molecular weight is 260 g/mol. The molecular formula is C15H20N2O2. The average Bonchev–Trinajstić information content (AvgIpc) is 2.75.